The van der Waals surface area contributed by atoms with E-state index in [0.29, 0.717) is 17.0 Å². The average molecular weight is 265 g/mol. The molecule has 0 aromatic carbocycles. The number of hydrogen-bond donors (Lipinski definition) is 2. The Morgan fingerprint density at radius 2 is 2.06 bits per heavy atom. The highest BCUT2D eigenvalue weighted by Crippen LogP contribution is 2.13. The van der Waals surface area contributed by atoms with E-state index in [1.807, 2.05) is 0 Å². The minimum absolute atomic E-state index is 0.220. The highest BCUT2D eigenvalue weighted by atomic mass is 19.4. The van der Waals surface area contributed by atoms with Crippen LogP contribution in [0.4, 0.5) is 13.2 Å². The van der Waals surface area contributed by atoms with Crippen molar-refractivity contribution in [1.82, 2.24) is 15.1 Å². The number of halogens is 3. The van der Waals surface area contributed by atoms with Crippen LogP contribution in [0.3, 0.4) is 0 Å². The van der Waals surface area contributed by atoms with Crippen LogP contribution in [-0.4, -0.2) is 33.5 Å². The molecule has 1 aromatic heterocycles. The second-order valence-electron chi connectivity index (χ2n) is 3.86. The fraction of sp³-hybridized carbons (Fsp3) is 0.600. The van der Waals surface area contributed by atoms with Crippen LogP contribution in [0.15, 0.2) is 0 Å². The van der Waals surface area contributed by atoms with Crippen LogP contribution in [0.5, 0.6) is 0 Å². The number of carbonyl (C=O) groups excluding carboxylic acids is 1. The quantitative estimate of drug-likeness (QED) is 0.841. The lowest BCUT2D eigenvalue weighted by Crippen LogP contribution is -2.36. The third kappa shape index (κ3) is 3.73. The molecule has 0 aliphatic heterocycles. The van der Waals surface area contributed by atoms with Crippen LogP contribution in [0.1, 0.15) is 17.0 Å². The van der Waals surface area contributed by atoms with Gasteiger partial charge in [-0.15, -0.1) is 0 Å². The van der Waals surface area contributed by atoms with Crippen molar-refractivity contribution < 1.29 is 23.1 Å². The van der Waals surface area contributed by atoms with Gasteiger partial charge in [-0.2, -0.15) is 18.3 Å². The van der Waals surface area contributed by atoms with Gasteiger partial charge in [0.2, 0.25) is 5.91 Å². The molecule has 0 aliphatic carbocycles. The van der Waals surface area contributed by atoms with Crippen molar-refractivity contribution in [1.29, 1.82) is 0 Å². The zero-order chi connectivity index (χ0) is 13.9. The van der Waals surface area contributed by atoms with Crippen molar-refractivity contribution in [2.45, 2.75) is 33.2 Å². The number of carbonyl (C=O) groups is 1. The summed E-state index contributed by atoms with van der Waals surface area (Å²) in [5, 5.41) is 14.8. The molecule has 0 atom stereocenters. The molecule has 1 heterocycles. The molecular weight excluding hydrogens is 251 g/mol. The van der Waals surface area contributed by atoms with Crippen molar-refractivity contribution >= 4 is 5.91 Å². The van der Waals surface area contributed by atoms with E-state index in [0.717, 1.165) is 0 Å². The van der Waals surface area contributed by atoms with Crippen molar-refractivity contribution in [3.63, 3.8) is 0 Å². The predicted octanol–water partition coefficient (Wildman–Crippen LogP) is 0.671. The molecule has 0 saturated heterocycles. The van der Waals surface area contributed by atoms with Crippen molar-refractivity contribution in [3.8, 4) is 0 Å². The minimum Gasteiger partial charge on any atom is -0.392 e. The maximum Gasteiger partial charge on any atom is 0.405 e. The first-order valence-corrected chi connectivity index (χ1v) is 5.21. The molecule has 1 aromatic rings. The fourth-order valence-electron chi connectivity index (χ4n) is 1.51. The Labute approximate surface area is 102 Å². The number of alkyl halides is 3. The van der Waals surface area contributed by atoms with Gasteiger partial charge in [0.15, 0.2) is 0 Å². The monoisotopic (exact) mass is 265 g/mol. The molecule has 0 saturated carbocycles. The molecule has 5 nitrogen and oxygen atoms in total. The largest absolute Gasteiger partial charge is 0.405 e. The molecule has 1 rings (SSSR count). The molecule has 0 aliphatic rings. The third-order valence-electron chi connectivity index (χ3n) is 2.47. The first kappa shape index (κ1) is 14.5. The van der Waals surface area contributed by atoms with E-state index in [-0.39, 0.29) is 13.2 Å². The topological polar surface area (TPSA) is 67.2 Å². The van der Waals surface area contributed by atoms with E-state index in [4.69, 9.17) is 5.11 Å². The number of aliphatic hydroxyl groups excluding tert-OH is 1. The molecular formula is C10H14F3N3O2. The lowest BCUT2D eigenvalue weighted by Gasteiger charge is -2.09. The van der Waals surface area contributed by atoms with Gasteiger partial charge >= 0.3 is 6.18 Å². The highest BCUT2D eigenvalue weighted by molar-refractivity contribution is 5.75. The summed E-state index contributed by atoms with van der Waals surface area (Å²) in [6.07, 6.45) is -4.43. The van der Waals surface area contributed by atoms with Gasteiger partial charge in [0, 0.05) is 11.3 Å². The molecule has 102 valence electrons. The average Bonchev–Trinajstić information content (AvgIpc) is 2.50. The van der Waals surface area contributed by atoms with Gasteiger partial charge in [-0.25, -0.2) is 0 Å². The van der Waals surface area contributed by atoms with Crippen LogP contribution in [0.2, 0.25) is 0 Å². The van der Waals surface area contributed by atoms with Crippen LogP contribution < -0.4 is 5.32 Å². The predicted molar refractivity (Wildman–Crippen MR) is 56.7 cm³/mol. The Morgan fingerprint density at radius 3 is 2.50 bits per heavy atom. The smallest absolute Gasteiger partial charge is 0.392 e. The Kier molecular flexibility index (Phi) is 4.33. The molecule has 0 fully saturated rings. The van der Waals surface area contributed by atoms with E-state index in [1.54, 1.807) is 19.2 Å². The fourth-order valence-corrected chi connectivity index (χ4v) is 1.51. The zero-order valence-corrected chi connectivity index (χ0v) is 10.0. The van der Waals surface area contributed by atoms with Crippen LogP contribution in [-0.2, 0) is 17.9 Å². The molecule has 8 heteroatoms. The number of rotatable bonds is 4. The first-order chi connectivity index (χ1) is 8.24. The SMILES string of the molecule is Cc1nn(CC(=O)NCC(F)(F)F)c(C)c1CO. The second kappa shape index (κ2) is 5.38. The Bertz CT molecular complexity index is 440. The Morgan fingerprint density at radius 1 is 1.44 bits per heavy atom. The van der Waals surface area contributed by atoms with Crippen molar-refractivity contribution in [2.75, 3.05) is 6.54 Å². The number of nitrogens with one attached hydrogen (secondary N) is 1. The lowest BCUT2D eigenvalue weighted by atomic mass is 10.2. The maximum absolute atomic E-state index is 11.9. The number of aromatic nitrogens is 2. The molecule has 1 amide bonds. The van der Waals surface area contributed by atoms with Crippen molar-refractivity contribution in [2.24, 2.45) is 0 Å². The molecule has 0 spiro atoms. The van der Waals surface area contributed by atoms with E-state index in [1.165, 1.54) is 4.68 Å². The summed E-state index contributed by atoms with van der Waals surface area (Å²) in [7, 11) is 0. The van der Waals surface area contributed by atoms with Gasteiger partial charge in [-0.3, -0.25) is 9.48 Å². The van der Waals surface area contributed by atoms with E-state index < -0.39 is 18.6 Å². The molecule has 0 radical (unpaired) electrons. The van der Waals surface area contributed by atoms with Crippen LogP contribution in [0, 0.1) is 13.8 Å². The molecule has 0 unspecified atom stereocenters. The van der Waals surface area contributed by atoms with Crippen molar-refractivity contribution in [3.05, 3.63) is 17.0 Å². The van der Waals surface area contributed by atoms with Gasteiger partial charge in [0.25, 0.3) is 0 Å². The summed E-state index contributed by atoms with van der Waals surface area (Å²) in [6.45, 7) is 1.41. The molecule has 18 heavy (non-hydrogen) atoms. The molecule has 0 bridgehead atoms. The lowest BCUT2D eigenvalue weighted by molar-refractivity contribution is -0.138. The van der Waals surface area contributed by atoms with Gasteiger partial charge in [0.05, 0.1) is 12.3 Å². The maximum atomic E-state index is 11.9. The van der Waals surface area contributed by atoms with Gasteiger partial charge in [0.1, 0.15) is 13.1 Å². The van der Waals surface area contributed by atoms with Crippen LogP contribution in [0.25, 0.3) is 0 Å². The molecule has 2 N–H and O–H groups in total. The Balaban J connectivity index is 2.65. The van der Waals surface area contributed by atoms with Crippen LogP contribution >= 0.6 is 0 Å². The number of aliphatic hydroxyl groups is 1. The summed E-state index contributed by atoms with van der Waals surface area (Å²) < 4.78 is 36.9. The van der Waals surface area contributed by atoms with Gasteiger partial charge in [-0.1, -0.05) is 0 Å². The second-order valence-corrected chi connectivity index (χ2v) is 3.86. The third-order valence-corrected chi connectivity index (χ3v) is 2.47. The first-order valence-electron chi connectivity index (χ1n) is 5.21. The Hall–Kier alpha value is -1.57. The summed E-state index contributed by atoms with van der Waals surface area (Å²) >= 11 is 0. The zero-order valence-electron chi connectivity index (χ0n) is 10.0. The van der Waals surface area contributed by atoms with Gasteiger partial charge < -0.3 is 10.4 Å². The normalized spacial score (nSPS) is 11.7. The van der Waals surface area contributed by atoms with Gasteiger partial charge in [-0.05, 0) is 13.8 Å². The summed E-state index contributed by atoms with van der Waals surface area (Å²) in [4.78, 5) is 11.3. The summed E-state index contributed by atoms with van der Waals surface area (Å²) in [6, 6.07) is 0. The van der Waals surface area contributed by atoms with E-state index in [9.17, 15) is 18.0 Å². The summed E-state index contributed by atoms with van der Waals surface area (Å²) in [5.41, 5.74) is 1.70. The number of hydrogen-bond acceptors (Lipinski definition) is 3. The summed E-state index contributed by atoms with van der Waals surface area (Å²) in [5.74, 6) is -0.776. The minimum atomic E-state index is -4.43. The number of amides is 1. The van der Waals surface area contributed by atoms with E-state index in [2.05, 4.69) is 5.10 Å². The number of nitrogens with zero attached hydrogens (tertiary/aromatic N) is 2. The standard InChI is InChI=1S/C10H14F3N3O2/c1-6-8(4-17)7(2)16(15-6)3-9(18)14-5-10(11,12)13/h17H,3-5H2,1-2H3,(H,14,18). The highest BCUT2D eigenvalue weighted by Gasteiger charge is 2.27. The van der Waals surface area contributed by atoms with E-state index >= 15 is 0 Å². The number of aryl methyl sites for hydroxylation is 1.